The van der Waals surface area contributed by atoms with Gasteiger partial charge in [-0.15, -0.1) is 9.35 Å². The zero-order chi connectivity index (χ0) is 21.8. The summed E-state index contributed by atoms with van der Waals surface area (Å²) in [6.45, 7) is 6.68. The molecule has 0 spiro atoms. The van der Waals surface area contributed by atoms with Crippen LogP contribution in [0.15, 0.2) is 71.1 Å². The minimum absolute atomic E-state index is 0.944. The minimum atomic E-state index is 0.944. The van der Waals surface area contributed by atoms with Gasteiger partial charge in [-0.25, -0.2) is 0 Å². The molecule has 5 rings (SSSR count). The Hall–Kier alpha value is -3.41. The zero-order valence-electron chi connectivity index (χ0n) is 18.8. The molecule has 0 aliphatic carbocycles. The van der Waals surface area contributed by atoms with Crippen LogP contribution in [0, 0.1) is 6.92 Å². The van der Waals surface area contributed by atoms with Crippen molar-refractivity contribution in [1.82, 2.24) is 4.68 Å². The summed E-state index contributed by atoms with van der Waals surface area (Å²) in [5, 5.41) is 9.22. The summed E-state index contributed by atoms with van der Waals surface area (Å²) in [4.78, 5) is 4.88. The summed E-state index contributed by atoms with van der Waals surface area (Å²) in [6, 6.07) is 17.3. The molecule has 6 heteroatoms. The van der Waals surface area contributed by atoms with Crippen molar-refractivity contribution in [2.75, 3.05) is 36.0 Å². The highest BCUT2D eigenvalue weighted by Crippen LogP contribution is 2.21. The Labute approximate surface area is 190 Å². The molecule has 2 aliphatic rings. The van der Waals surface area contributed by atoms with Gasteiger partial charge in [0.2, 0.25) is 0 Å². The van der Waals surface area contributed by atoms with E-state index in [4.69, 9.17) is 0 Å². The quantitative estimate of drug-likeness (QED) is 0.440. The first-order valence-corrected chi connectivity index (χ1v) is 11.6. The topological polar surface area (TPSA) is 40.0 Å². The number of hydrogen-bond acceptors (Lipinski definition) is 4. The highest BCUT2D eigenvalue weighted by atomic mass is 15.5. The molecular formula is C26H31N6+. The monoisotopic (exact) mass is 427 g/mol. The molecule has 6 nitrogen and oxygen atoms in total. The molecule has 0 N–H and O–H groups in total. The molecule has 2 aromatic carbocycles. The third kappa shape index (κ3) is 4.59. The fraction of sp³-hybridized carbons (Fsp3) is 0.346. The van der Waals surface area contributed by atoms with Gasteiger partial charge in [-0.3, -0.25) is 0 Å². The van der Waals surface area contributed by atoms with Crippen LogP contribution < -0.4 is 14.5 Å². The van der Waals surface area contributed by atoms with Gasteiger partial charge in [0, 0.05) is 44.5 Å². The number of hydrogen-bond donors (Lipinski definition) is 0. The van der Waals surface area contributed by atoms with Gasteiger partial charge >= 0.3 is 5.82 Å². The molecule has 1 aromatic heterocycles. The molecule has 3 heterocycles. The van der Waals surface area contributed by atoms with E-state index in [0.29, 0.717) is 0 Å². The highest BCUT2D eigenvalue weighted by Gasteiger charge is 2.13. The van der Waals surface area contributed by atoms with Crippen LogP contribution in [0.25, 0.3) is 0 Å². The van der Waals surface area contributed by atoms with Crippen molar-refractivity contribution in [1.29, 1.82) is 0 Å². The van der Waals surface area contributed by atoms with Crippen molar-refractivity contribution in [2.45, 2.75) is 32.6 Å². The summed E-state index contributed by atoms with van der Waals surface area (Å²) in [7, 11) is 0. The maximum Gasteiger partial charge on any atom is 0.304 e. The molecule has 0 amide bonds. The third-order valence-corrected chi connectivity index (χ3v) is 6.40. The largest absolute Gasteiger partial charge is 0.372 e. The van der Waals surface area contributed by atoms with Crippen molar-refractivity contribution in [3.63, 3.8) is 0 Å². The molecule has 0 atom stereocenters. The van der Waals surface area contributed by atoms with Crippen LogP contribution in [-0.4, -0.2) is 43.3 Å². The first-order chi connectivity index (χ1) is 15.8. The third-order valence-electron chi connectivity index (χ3n) is 6.40. The fourth-order valence-corrected chi connectivity index (χ4v) is 4.44. The van der Waals surface area contributed by atoms with E-state index in [9.17, 15) is 0 Å². The molecule has 2 fully saturated rings. The van der Waals surface area contributed by atoms with Gasteiger partial charge in [0.25, 0.3) is 0 Å². The van der Waals surface area contributed by atoms with Gasteiger partial charge in [-0.1, -0.05) is 34.5 Å². The van der Waals surface area contributed by atoms with Crippen LogP contribution >= 0.6 is 0 Å². The summed E-state index contributed by atoms with van der Waals surface area (Å²) in [6.07, 6.45) is 12.8. The summed E-state index contributed by atoms with van der Waals surface area (Å²) in [5.41, 5.74) is 4.79. The van der Waals surface area contributed by atoms with Gasteiger partial charge in [0.15, 0.2) is 12.4 Å². The van der Waals surface area contributed by atoms with Gasteiger partial charge in [-0.2, -0.15) is 0 Å². The predicted molar refractivity (Wildman–Crippen MR) is 131 cm³/mol. The molecule has 2 saturated heterocycles. The molecule has 32 heavy (non-hydrogen) atoms. The zero-order valence-corrected chi connectivity index (χ0v) is 18.8. The second-order valence-electron chi connectivity index (χ2n) is 8.60. The highest BCUT2D eigenvalue weighted by molar-refractivity contribution is 5.80. The smallest absolute Gasteiger partial charge is 0.304 e. The molecule has 2 aliphatic heterocycles. The second-order valence-corrected chi connectivity index (χ2v) is 8.60. The molecular weight excluding hydrogens is 396 g/mol. The number of nitrogens with zero attached hydrogens (tertiary/aromatic N) is 6. The van der Waals surface area contributed by atoms with Crippen molar-refractivity contribution < 1.29 is 4.68 Å². The number of aromatic nitrogens is 2. The fourth-order valence-electron chi connectivity index (χ4n) is 4.44. The lowest BCUT2D eigenvalue weighted by Crippen LogP contribution is -2.29. The van der Waals surface area contributed by atoms with E-state index in [2.05, 4.69) is 68.5 Å². The van der Waals surface area contributed by atoms with E-state index in [1.807, 2.05) is 41.1 Å². The van der Waals surface area contributed by atoms with E-state index in [1.165, 1.54) is 63.2 Å². The van der Waals surface area contributed by atoms with Crippen molar-refractivity contribution in [2.24, 2.45) is 10.2 Å². The van der Waals surface area contributed by atoms with Gasteiger partial charge in [0.05, 0.1) is 12.4 Å². The number of imidazole rings is 1. The van der Waals surface area contributed by atoms with E-state index in [-0.39, 0.29) is 0 Å². The Morgan fingerprint density at radius 1 is 0.719 bits per heavy atom. The van der Waals surface area contributed by atoms with E-state index >= 15 is 0 Å². The van der Waals surface area contributed by atoms with E-state index in [0.717, 1.165) is 17.0 Å². The van der Waals surface area contributed by atoms with Crippen molar-refractivity contribution in [3.8, 4) is 0 Å². The molecule has 0 bridgehead atoms. The number of benzene rings is 2. The van der Waals surface area contributed by atoms with Crippen LogP contribution in [0.3, 0.4) is 0 Å². The van der Waals surface area contributed by atoms with Gasteiger partial charge < -0.3 is 9.80 Å². The summed E-state index contributed by atoms with van der Waals surface area (Å²) < 4.78 is 3.70. The Bertz CT molecular complexity index is 995. The molecule has 0 saturated carbocycles. The minimum Gasteiger partial charge on any atom is -0.372 e. The lowest BCUT2D eigenvalue weighted by Gasteiger charge is -2.17. The Morgan fingerprint density at radius 3 is 1.75 bits per heavy atom. The van der Waals surface area contributed by atoms with Crippen molar-refractivity contribution in [3.05, 3.63) is 77.9 Å². The van der Waals surface area contributed by atoms with Crippen LogP contribution in [0.4, 0.5) is 11.4 Å². The maximum absolute atomic E-state index is 4.61. The van der Waals surface area contributed by atoms with Crippen LogP contribution in [-0.2, 0) is 0 Å². The van der Waals surface area contributed by atoms with Crippen LogP contribution in [0.2, 0.25) is 0 Å². The summed E-state index contributed by atoms with van der Waals surface area (Å²) in [5.74, 6) is 0.944. The average Bonchev–Trinajstić information content (AvgIpc) is 3.60. The Morgan fingerprint density at radius 2 is 1.22 bits per heavy atom. The van der Waals surface area contributed by atoms with E-state index in [1.54, 1.807) is 0 Å². The average molecular weight is 428 g/mol. The lowest BCUT2D eigenvalue weighted by atomic mass is 10.2. The first-order valence-electron chi connectivity index (χ1n) is 11.6. The standard InChI is InChI=1S/C26H31N6/c1-22-31(27-20-23-6-10-25(11-7-23)29-14-2-3-15-29)18-19-32(22)28-21-24-8-12-26(13-9-24)30-16-4-5-17-30/h6-13,18-21H,2-5,14-17H2,1H3/q+1/b27-20-,28-21-. The normalized spacial score (nSPS) is 16.8. The molecule has 164 valence electrons. The van der Waals surface area contributed by atoms with Crippen LogP contribution in [0.5, 0.6) is 0 Å². The molecule has 0 unspecified atom stereocenters. The van der Waals surface area contributed by atoms with Gasteiger partial charge in [-0.05, 0) is 61.1 Å². The number of rotatable bonds is 6. The van der Waals surface area contributed by atoms with Crippen molar-refractivity contribution >= 4 is 23.8 Å². The molecule has 0 radical (unpaired) electrons. The Kier molecular flexibility index (Phi) is 6.01. The first kappa shape index (κ1) is 20.5. The second kappa shape index (κ2) is 9.39. The predicted octanol–water partition coefficient (Wildman–Crippen LogP) is 4.05. The van der Waals surface area contributed by atoms with Gasteiger partial charge in [0.1, 0.15) is 0 Å². The SMILES string of the molecule is Cc1n(/N=C\c2ccc(N3CCCC3)cc2)cc[n+]1/N=C\c1ccc(N2CCCC2)cc1. The summed E-state index contributed by atoms with van der Waals surface area (Å²) >= 11 is 0. The van der Waals surface area contributed by atoms with E-state index < -0.39 is 0 Å². The molecule has 3 aromatic rings. The Balaban J connectivity index is 1.23. The lowest BCUT2D eigenvalue weighted by molar-refractivity contribution is -0.684. The van der Waals surface area contributed by atoms with Crippen LogP contribution in [0.1, 0.15) is 42.6 Å². The number of anilines is 2. The maximum atomic E-state index is 4.61.